The van der Waals surface area contributed by atoms with Crippen molar-refractivity contribution in [1.82, 2.24) is 9.62 Å². The van der Waals surface area contributed by atoms with Gasteiger partial charge >= 0.3 is 5.97 Å². The minimum absolute atomic E-state index is 0.00644. The number of aliphatic carboxylic acids is 1. The van der Waals surface area contributed by atoms with Crippen LogP contribution in [0.15, 0.2) is 23.1 Å². The van der Waals surface area contributed by atoms with E-state index in [0.29, 0.717) is 19.4 Å². The highest BCUT2D eigenvalue weighted by molar-refractivity contribution is 7.89. The number of carbonyl (C=O) groups is 2. The van der Waals surface area contributed by atoms with Gasteiger partial charge in [0.05, 0.1) is 10.8 Å². The molecule has 7 nitrogen and oxygen atoms in total. The Hall–Kier alpha value is -1.93. The smallest absolute Gasteiger partial charge is 0.308 e. The summed E-state index contributed by atoms with van der Waals surface area (Å²) in [6, 6.07) is 5.24. The van der Waals surface area contributed by atoms with Crippen LogP contribution in [0.1, 0.15) is 43.2 Å². The Labute approximate surface area is 159 Å². The Morgan fingerprint density at radius 1 is 1.15 bits per heavy atom. The number of rotatable bonds is 6. The summed E-state index contributed by atoms with van der Waals surface area (Å²) in [6.07, 6.45) is 5.36. The summed E-state index contributed by atoms with van der Waals surface area (Å²) >= 11 is 0. The normalized spacial score (nSPS) is 20.1. The molecule has 1 aromatic rings. The molecule has 0 saturated carbocycles. The summed E-state index contributed by atoms with van der Waals surface area (Å²) < 4.78 is 27.5. The van der Waals surface area contributed by atoms with Gasteiger partial charge in [0.1, 0.15) is 0 Å². The van der Waals surface area contributed by atoms with E-state index in [-0.39, 0.29) is 30.3 Å². The molecule has 1 aromatic carbocycles. The van der Waals surface area contributed by atoms with Crippen molar-refractivity contribution in [3.8, 4) is 0 Å². The second-order valence-electron chi connectivity index (χ2n) is 7.30. The largest absolute Gasteiger partial charge is 0.481 e. The zero-order chi connectivity index (χ0) is 19.4. The van der Waals surface area contributed by atoms with Crippen molar-refractivity contribution in [1.29, 1.82) is 0 Å². The molecule has 1 aliphatic carbocycles. The Balaban J connectivity index is 1.54. The van der Waals surface area contributed by atoms with Gasteiger partial charge in [-0.15, -0.1) is 0 Å². The van der Waals surface area contributed by atoms with E-state index in [1.165, 1.54) is 10.5 Å². The number of sulfonamides is 1. The van der Waals surface area contributed by atoms with E-state index in [9.17, 15) is 18.0 Å². The molecule has 1 unspecified atom stereocenters. The van der Waals surface area contributed by atoms with E-state index >= 15 is 0 Å². The number of likely N-dealkylation sites (tertiary alicyclic amines) is 1. The Morgan fingerprint density at radius 3 is 2.63 bits per heavy atom. The van der Waals surface area contributed by atoms with Crippen molar-refractivity contribution in [3.05, 3.63) is 29.3 Å². The first-order chi connectivity index (χ1) is 12.9. The van der Waals surface area contributed by atoms with Crippen LogP contribution in [0.2, 0.25) is 0 Å². The third kappa shape index (κ3) is 4.87. The standard InChI is InChI=1S/C19H26N2O5S/c22-18(21-11-3-6-16(13-21)19(23)24)9-10-20-27(25,26)17-8-7-14-4-1-2-5-15(14)12-17/h7-8,12,16,20H,1-6,9-11,13H2,(H,23,24). The number of aryl methyl sites for hydroxylation is 2. The molecule has 2 N–H and O–H groups in total. The van der Waals surface area contributed by atoms with Crippen LogP contribution in [0.3, 0.4) is 0 Å². The zero-order valence-electron chi connectivity index (χ0n) is 15.3. The lowest BCUT2D eigenvalue weighted by molar-refractivity contribution is -0.145. The van der Waals surface area contributed by atoms with Crippen LogP contribution in [0.25, 0.3) is 0 Å². The molecule has 1 fully saturated rings. The highest BCUT2D eigenvalue weighted by Gasteiger charge is 2.28. The number of benzene rings is 1. The topological polar surface area (TPSA) is 104 Å². The van der Waals surface area contributed by atoms with Crippen LogP contribution >= 0.6 is 0 Å². The lowest BCUT2D eigenvalue weighted by Gasteiger charge is -2.30. The molecule has 1 atom stereocenters. The van der Waals surface area contributed by atoms with Gasteiger partial charge in [0.2, 0.25) is 15.9 Å². The summed E-state index contributed by atoms with van der Waals surface area (Å²) in [6.45, 7) is 0.735. The molecule has 27 heavy (non-hydrogen) atoms. The SMILES string of the molecule is O=C(O)C1CCCN(C(=O)CCNS(=O)(=O)c2ccc3c(c2)CCCC3)C1. The number of amides is 1. The molecule has 1 amide bonds. The second kappa shape index (κ2) is 8.39. The third-order valence-corrected chi connectivity index (χ3v) is 6.84. The molecular weight excluding hydrogens is 368 g/mol. The molecule has 3 rings (SSSR count). The molecular formula is C19H26N2O5S. The Morgan fingerprint density at radius 2 is 1.89 bits per heavy atom. The van der Waals surface area contributed by atoms with Crippen molar-refractivity contribution in [2.75, 3.05) is 19.6 Å². The van der Waals surface area contributed by atoms with Crippen LogP contribution < -0.4 is 4.72 Å². The fourth-order valence-corrected chi connectivity index (χ4v) is 4.90. The Kier molecular flexibility index (Phi) is 6.16. The highest BCUT2D eigenvalue weighted by Crippen LogP contribution is 2.24. The van der Waals surface area contributed by atoms with Crippen molar-refractivity contribution in [3.63, 3.8) is 0 Å². The van der Waals surface area contributed by atoms with Crippen molar-refractivity contribution >= 4 is 21.9 Å². The van der Waals surface area contributed by atoms with Gasteiger partial charge in [0, 0.05) is 26.1 Å². The fourth-order valence-electron chi connectivity index (χ4n) is 3.82. The predicted molar refractivity (Wildman–Crippen MR) is 99.8 cm³/mol. The van der Waals surface area contributed by atoms with Crippen LogP contribution in [-0.4, -0.2) is 49.9 Å². The van der Waals surface area contributed by atoms with Gasteiger partial charge in [0.15, 0.2) is 0 Å². The molecule has 1 saturated heterocycles. The van der Waals surface area contributed by atoms with Gasteiger partial charge < -0.3 is 10.0 Å². The molecule has 148 valence electrons. The van der Waals surface area contributed by atoms with Crippen molar-refractivity contribution < 1.29 is 23.1 Å². The molecule has 0 aromatic heterocycles. The quantitative estimate of drug-likeness (QED) is 0.762. The number of carbonyl (C=O) groups excluding carboxylic acids is 1. The van der Waals surface area contributed by atoms with Crippen LogP contribution in [0.5, 0.6) is 0 Å². The first-order valence-electron chi connectivity index (χ1n) is 9.49. The molecule has 1 aliphatic heterocycles. The molecule has 8 heteroatoms. The van der Waals surface area contributed by atoms with Crippen LogP contribution in [-0.2, 0) is 32.5 Å². The number of nitrogens with one attached hydrogen (secondary N) is 1. The van der Waals surface area contributed by atoms with Crippen molar-refractivity contribution in [2.45, 2.75) is 49.8 Å². The average molecular weight is 394 g/mol. The molecule has 0 radical (unpaired) electrons. The minimum Gasteiger partial charge on any atom is -0.481 e. The summed E-state index contributed by atoms with van der Waals surface area (Å²) in [7, 11) is -3.66. The maximum absolute atomic E-state index is 12.5. The monoisotopic (exact) mass is 394 g/mol. The van der Waals surface area contributed by atoms with Crippen LogP contribution in [0.4, 0.5) is 0 Å². The van der Waals surface area contributed by atoms with E-state index in [0.717, 1.165) is 31.2 Å². The van der Waals surface area contributed by atoms with E-state index in [4.69, 9.17) is 5.11 Å². The maximum atomic E-state index is 12.5. The number of piperidine rings is 1. The fraction of sp³-hybridized carbons (Fsp3) is 0.579. The third-order valence-electron chi connectivity index (χ3n) is 5.38. The van der Waals surface area contributed by atoms with Gasteiger partial charge in [-0.3, -0.25) is 9.59 Å². The highest BCUT2D eigenvalue weighted by atomic mass is 32.2. The summed E-state index contributed by atoms with van der Waals surface area (Å²) in [4.78, 5) is 25.1. The average Bonchev–Trinajstić information content (AvgIpc) is 2.67. The summed E-state index contributed by atoms with van der Waals surface area (Å²) in [5, 5.41) is 9.10. The van der Waals surface area contributed by atoms with E-state index in [2.05, 4.69) is 4.72 Å². The van der Waals surface area contributed by atoms with Gasteiger partial charge in [-0.05, 0) is 61.8 Å². The van der Waals surface area contributed by atoms with Crippen molar-refractivity contribution in [2.24, 2.45) is 5.92 Å². The zero-order valence-corrected chi connectivity index (χ0v) is 16.1. The second-order valence-corrected chi connectivity index (χ2v) is 9.07. The van der Waals surface area contributed by atoms with E-state index in [1.807, 2.05) is 6.07 Å². The first kappa shape index (κ1) is 19.8. The molecule has 2 aliphatic rings. The number of fused-ring (bicyclic) bond motifs is 1. The molecule has 0 bridgehead atoms. The van der Waals surface area contributed by atoms with Gasteiger partial charge in [-0.2, -0.15) is 0 Å². The van der Waals surface area contributed by atoms with E-state index in [1.54, 1.807) is 12.1 Å². The summed E-state index contributed by atoms with van der Waals surface area (Å²) in [5.41, 5.74) is 2.31. The summed E-state index contributed by atoms with van der Waals surface area (Å²) in [5.74, 6) is -1.63. The minimum atomic E-state index is -3.66. The number of hydrogen-bond acceptors (Lipinski definition) is 4. The van der Waals surface area contributed by atoms with E-state index < -0.39 is 21.9 Å². The van der Waals surface area contributed by atoms with Gasteiger partial charge in [-0.25, -0.2) is 13.1 Å². The Bertz CT molecular complexity index is 821. The number of hydrogen-bond donors (Lipinski definition) is 2. The van der Waals surface area contributed by atoms with Crippen LogP contribution in [0, 0.1) is 5.92 Å². The lowest BCUT2D eigenvalue weighted by atomic mass is 9.92. The first-order valence-corrected chi connectivity index (χ1v) is 11.0. The number of carboxylic acid groups (broad SMARTS) is 1. The van der Waals surface area contributed by atoms with Gasteiger partial charge in [-0.1, -0.05) is 6.07 Å². The predicted octanol–water partition coefficient (Wildman–Crippen LogP) is 1.56. The molecule has 1 heterocycles. The molecule has 0 spiro atoms. The number of carboxylic acids is 1. The maximum Gasteiger partial charge on any atom is 0.308 e. The lowest BCUT2D eigenvalue weighted by Crippen LogP contribution is -2.43. The number of nitrogens with zero attached hydrogens (tertiary/aromatic N) is 1. The van der Waals surface area contributed by atoms with Gasteiger partial charge in [0.25, 0.3) is 0 Å².